The summed E-state index contributed by atoms with van der Waals surface area (Å²) >= 11 is 0. The van der Waals surface area contributed by atoms with Crippen molar-refractivity contribution in [3.63, 3.8) is 0 Å². The second-order valence-electron chi connectivity index (χ2n) is 5.47. The van der Waals surface area contributed by atoms with Gasteiger partial charge in [-0.15, -0.1) is 0 Å². The van der Waals surface area contributed by atoms with E-state index in [1.807, 2.05) is 0 Å². The molecule has 5 nitrogen and oxygen atoms in total. The SMILES string of the molecule is O=C(O)c1cc2c(nc1NC1CC(O)C1)CCCC2. The van der Waals surface area contributed by atoms with Crippen LogP contribution < -0.4 is 5.32 Å². The summed E-state index contributed by atoms with van der Waals surface area (Å²) in [5.74, 6) is -0.478. The first-order valence-electron chi connectivity index (χ1n) is 6.84. The van der Waals surface area contributed by atoms with Gasteiger partial charge in [-0.25, -0.2) is 9.78 Å². The van der Waals surface area contributed by atoms with Gasteiger partial charge in [-0.05, 0) is 50.2 Å². The Morgan fingerprint density at radius 3 is 2.74 bits per heavy atom. The van der Waals surface area contributed by atoms with Crippen LogP contribution in [0, 0.1) is 0 Å². The molecule has 2 aliphatic carbocycles. The average Bonchev–Trinajstić information content (AvgIpc) is 2.36. The third-order valence-corrected chi connectivity index (χ3v) is 3.99. The van der Waals surface area contributed by atoms with Crippen molar-refractivity contribution in [2.24, 2.45) is 0 Å². The van der Waals surface area contributed by atoms with E-state index in [-0.39, 0.29) is 17.7 Å². The Labute approximate surface area is 111 Å². The van der Waals surface area contributed by atoms with E-state index in [0.717, 1.165) is 36.9 Å². The van der Waals surface area contributed by atoms with E-state index in [1.165, 1.54) is 0 Å². The molecule has 0 bridgehead atoms. The van der Waals surface area contributed by atoms with Gasteiger partial charge in [0, 0.05) is 11.7 Å². The van der Waals surface area contributed by atoms with Gasteiger partial charge in [0.05, 0.1) is 6.10 Å². The molecule has 5 heteroatoms. The van der Waals surface area contributed by atoms with Crippen LogP contribution >= 0.6 is 0 Å². The molecule has 0 unspecified atom stereocenters. The lowest BCUT2D eigenvalue weighted by Crippen LogP contribution is -2.39. The molecule has 1 aromatic heterocycles. The van der Waals surface area contributed by atoms with Crippen molar-refractivity contribution in [1.29, 1.82) is 0 Å². The zero-order valence-corrected chi connectivity index (χ0v) is 10.7. The summed E-state index contributed by atoms with van der Waals surface area (Å²) < 4.78 is 0. The Bertz CT molecular complexity index is 510. The fourth-order valence-corrected chi connectivity index (χ4v) is 2.81. The number of carboxylic acid groups (broad SMARTS) is 1. The average molecular weight is 262 g/mol. The quantitative estimate of drug-likeness (QED) is 0.770. The molecule has 1 heterocycles. The summed E-state index contributed by atoms with van der Waals surface area (Å²) in [4.78, 5) is 15.8. The minimum Gasteiger partial charge on any atom is -0.478 e. The van der Waals surface area contributed by atoms with Crippen LogP contribution in [-0.2, 0) is 12.8 Å². The Morgan fingerprint density at radius 1 is 1.32 bits per heavy atom. The summed E-state index contributed by atoms with van der Waals surface area (Å²) in [7, 11) is 0. The molecule has 19 heavy (non-hydrogen) atoms. The van der Waals surface area contributed by atoms with Crippen LogP contribution in [0.2, 0.25) is 0 Å². The number of nitrogens with one attached hydrogen (secondary N) is 1. The van der Waals surface area contributed by atoms with Gasteiger partial charge in [0.1, 0.15) is 11.4 Å². The number of nitrogens with zero attached hydrogens (tertiary/aromatic N) is 1. The Balaban J connectivity index is 1.89. The molecule has 0 aliphatic heterocycles. The highest BCUT2D eigenvalue weighted by Gasteiger charge is 2.29. The Hall–Kier alpha value is -1.62. The third kappa shape index (κ3) is 2.42. The number of aliphatic hydroxyl groups excluding tert-OH is 1. The molecular weight excluding hydrogens is 244 g/mol. The summed E-state index contributed by atoms with van der Waals surface area (Å²) in [5, 5.41) is 21.7. The normalized spacial score (nSPS) is 25.3. The zero-order chi connectivity index (χ0) is 13.4. The van der Waals surface area contributed by atoms with Crippen molar-refractivity contribution in [3.8, 4) is 0 Å². The van der Waals surface area contributed by atoms with Crippen LogP contribution in [0.4, 0.5) is 5.82 Å². The van der Waals surface area contributed by atoms with Gasteiger partial charge < -0.3 is 15.5 Å². The number of fused-ring (bicyclic) bond motifs is 1. The molecule has 2 aliphatic rings. The van der Waals surface area contributed by atoms with Gasteiger partial charge in [-0.3, -0.25) is 0 Å². The fourth-order valence-electron chi connectivity index (χ4n) is 2.81. The van der Waals surface area contributed by atoms with Gasteiger partial charge in [0.25, 0.3) is 0 Å². The molecule has 0 saturated heterocycles. The maximum absolute atomic E-state index is 11.3. The number of carbonyl (C=O) groups is 1. The number of pyridine rings is 1. The van der Waals surface area contributed by atoms with Gasteiger partial charge in [0.15, 0.2) is 0 Å². The number of hydrogen-bond donors (Lipinski definition) is 3. The first-order chi connectivity index (χ1) is 9.13. The van der Waals surface area contributed by atoms with E-state index in [0.29, 0.717) is 18.7 Å². The van der Waals surface area contributed by atoms with Crippen LogP contribution in [0.15, 0.2) is 6.07 Å². The summed E-state index contributed by atoms with van der Waals surface area (Å²) in [6.07, 6.45) is 5.14. The van der Waals surface area contributed by atoms with E-state index < -0.39 is 5.97 Å². The first-order valence-corrected chi connectivity index (χ1v) is 6.84. The lowest BCUT2D eigenvalue weighted by Gasteiger charge is -2.33. The van der Waals surface area contributed by atoms with Crippen LogP contribution in [0.1, 0.15) is 47.3 Å². The topological polar surface area (TPSA) is 82.5 Å². The largest absolute Gasteiger partial charge is 0.478 e. The van der Waals surface area contributed by atoms with Crippen molar-refractivity contribution in [2.75, 3.05) is 5.32 Å². The Kier molecular flexibility index (Phi) is 3.14. The van der Waals surface area contributed by atoms with Crippen molar-refractivity contribution in [1.82, 2.24) is 4.98 Å². The highest BCUT2D eigenvalue weighted by Crippen LogP contribution is 2.28. The molecule has 1 aromatic rings. The monoisotopic (exact) mass is 262 g/mol. The molecule has 0 atom stereocenters. The molecule has 1 saturated carbocycles. The molecule has 0 amide bonds. The number of anilines is 1. The van der Waals surface area contributed by atoms with Crippen LogP contribution in [-0.4, -0.2) is 33.3 Å². The standard InChI is InChI=1S/C14H18N2O3/c17-10-6-9(7-10)15-13-11(14(18)19)5-8-3-1-2-4-12(8)16-13/h5,9-10,17H,1-4,6-7H2,(H,15,16)(H,18,19). The lowest BCUT2D eigenvalue weighted by atomic mass is 9.89. The lowest BCUT2D eigenvalue weighted by molar-refractivity contribution is 0.0696. The van der Waals surface area contributed by atoms with Gasteiger partial charge >= 0.3 is 5.97 Å². The number of rotatable bonds is 3. The maximum atomic E-state index is 11.3. The molecule has 0 aromatic carbocycles. The van der Waals surface area contributed by atoms with Crippen molar-refractivity contribution in [3.05, 3.63) is 22.9 Å². The highest BCUT2D eigenvalue weighted by atomic mass is 16.4. The third-order valence-electron chi connectivity index (χ3n) is 3.99. The second kappa shape index (κ2) is 4.81. The van der Waals surface area contributed by atoms with Crippen molar-refractivity contribution < 1.29 is 15.0 Å². The minimum atomic E-state index is -0.941. The van der Waals surface area contributed by atoms with E-state index >= 15 is 0 Å². The minimum absolute atomic E-state index is 0.141. The first kappa shape index (κ1) is 12.4. The predicted molar refractivity (Wildman–Crippen MR) is 70.5 cm³/mol. The highest BCUT2D eigenvalue weighted by molar-refractivity contribution is 5.93. The summed E-state index contributed by atoms with van der Waals surface area (Å²) in [6, 6.07) is 1.91. The number of carboxylic acids is 1. The van der Waals surface area contributed by atoms with E-state index in [9.17, 15) is 15.0 Å². The molecule has 3 N–H and O–H groups in total. The van der Waals surface area contributed by atoms with E-state index in [1.54, 1.807) is 6.07 Å². The van der Waals surface area contributed by atoms with Crippen LogP contribution in [0.5, 0.6) is 0 Å². The Morgan fingerprint density at radius 2 is 2.05 bits per heavy atom. The fraction of sp³-hybridized carbons (Fsp3) is 0.571. The molecular formula is C14H18N2O3. The molecule has 0 radical (unpaired) electrons. The number of hydrogen-bond acceptors (Lipinski definition) is 4. The predicted octanol–water partition coefficient (Wildman–Crippen LogP) is 1.59. The van der Waals surface area contributed by atoms with Crippen molar-refractivity contribution in [2.45, 2.75) is 50.7 Å². The maximum Gasteiger partial charge on any atom is 0.339 e. The number of aliphatic hydroxyl groups is 1. The van der Waals surface area contributed by atoms with Crippen LogP contribution in [0.3, 0.4) is 0 Å². The van der Waals surface area contributed by atoms with Gasteiger partial charge in [-0.1, -0.05) is 0 Å². The van der Waals surface area contributed by atoms with Crippen molar-refractivity contribution >= 4 is 11.8 Å². The van der Waals surface area contributed by atoms with Crippen LogP contribution in [0.25, 0.3) is 0 Å². The molecule has 102 valence electrons. The number of aromatic carboxylic acids is 1. The smallest absolute Gasteiger partial charge is 0.339 e. The van der Waals surface area contributed by atoms with E-state index in [4.69, 9.17) is 0 Å². The zero-order valence-electron chi connectivity index (χ0n) is 10.7. The molecule has 1 fully saturated rings. The molecule has 3 rings (SSSR count). The van der Waals surface area contributed by atoms with E-state index in [2.05, 4.69) is 10.3 Å². The summed E-state index contributed by atoms with van der Waals surface area (Å²) in [5.41, 5.74) is 2.35. The molecule has 0 spiro atoms. The van der Waals surface area contributed by atoms with Gasteiger partial charge in [-0.2, -0.15) is 0 Å². The summed E-state index contributed by atoms with van der Waals surface area (Å²) in [6.45, 7) is 0. The van der Waals surface area contributed by atoms with Gasteiger partial charge in [0.2, 0.25) is 0 Å². The number of aryl methyl sites for hydroxylation is 2. The number of aromatic nitrogens is 1. The second-order valence-corrected chi connectivity index (χ2v) is 5.47.